The van der Waals surface area contributed by atoms with Crippen molar-refractivity contribution in [3.8, 4) is 16.9 Å². The number of nitrogens with zero attached hydrogens (tertiary/aromatic N) is 1. The molecule has 0 spiro atoms. The lowest BCUT2D eigenvalue weighted by Gasteiger charge is -2.33. The van der Waals surface area contributed by atoms with E-state index >= 15 is 0 Å². The van der Waals surface area contributed by atoms with Gasteiger partial charge in [-0.3, -0.25) is 4.79 Å². The number of aromatic hydroxyl groups is 1. The van der Waals surface area contributed by atoms with Crippen molar-refractivity contribution < 1.29 is 14.8 Å². The van der Waals surface area contributed by atoms with Gasteiger partial charge in [0.2, 0.25) is 5.78 Å². The second kappa shape index (κ2) is 4.86. The highest BCUT2D eigenvalue weighted by atomic mass is 16.3. The molecule has 2 unspecified atom stereocenters. The van der Waals surface area contributed by atoms with Crippen LogP contribution in [0.4, 0.5) is 0 Å². The first-order valence-electron chi connectivity index (χ1n) is 8.62. The van der Waals surface area contributed by atoms with Gasteiger partial charge in [0.15, 0.2) is 0 Å². The fourth-order valence-electron chi connectivity index (χ4n) is 4.55. The maximum Gasteiger partial charge on any atom is 0.226 e. The van der Waals surface area contributed by atoms with E-state index in [-0.39, 0.29) is 17.6 Å². The topological polar surface area (TPSA) is 62.5 Å². The summed E-state index contributed by atoms with van der Waals surface area (Å²) in [6.07, 6.45) is 5.06. The molecule has 1 aliphatic carbocycles. The Morgan fingerprint density at radius 2 is 2.00 bits per heavy atom. The minimum Gasteiger partial charge on any atom is -0.508 e. The molecule has 0 radical (unpaired) electrons. The normalized spacial score (nSPS) is 21.1. The predicted octanol–water partition coefficient (Wildman–Crippen LogP) is 1.43. The fraction of sp³-hybridized carbons (Fsp3) is 0.250. The van der Waals surface area contributed by atoms with Gasteiger partial charge in [-0.05, 0) is 23.3 Å². The second-order valence-electron chi connectivity index (χ2n) is 7.17. The minimum atomic E-state index is 0.0785. The van der Waals surface area contributed by atoms with Crippen LogP contribution in [0.25, 0.3) is 11.1 Å². The summed E-state index contributed by atoms with van der Waals surface area (Å²) in [5, 5.41) is 9.58. The molecular weight excluding hydrogens is 314 g/mol. The molecule has 2 aromatic heterocycles. The summed E-state index contributed by atoms with van der Waals surface area (Å²) in [5.41, 5.74) is 7.18. The Morgan fingerprint density at radius 3 is 2.76 bits per heavy atom. The van der Waals surface area contributed by atoms with E-state index in [2.05, 4.69) is 18.2 Å². The SMILES string of the molecule is Cn1cc2c3c1C(=O)c1[nH]cc(-c4ccc(O)cc4)c1C3[NH+](C)CC2. The van der Waals surface area contributed by atoms with Gasteiger partial charge in [0.25, 0.3) is 0 Å². The molecule has 3 heterocycles. The van der Waals surface area contributed by atoms with Crippen LogP contribution >= 0.6 is 0 Å². The van der Waals surface area contributed by atoms with Crippen molar-refractivity contribution in [3.05, 3.63) is 64.7 Å². The average Bonchev–Trinajstić information content (AvgIpc) is 3.17. The molecule has 5 heteroatoms. The molecule has 1 aliphatic heterocycles. The number of ketones is 1. The van der Waals surface area contributed by atoms with Crippen LogP contribution in [0, 0.1) is 0 Å². The van der Waals surface area contributed by atoms with Gasteiger partial charge in [0.05, 0.1) is 24.8 Å². The van der Waals surface area contributed by atoms with E-state index in [0.717, 1.165) is 35.3 Å². The number of nitrogens with one attached hydrogen (secondary N) is 2. The van der Waals surface area contributed by atoms with Gasteiger partial charge < -0.3 is 19.6 Å². The summed E-state index contributed by atoms with van der Waals surface area (Å²) in [5.74, 6) is 0.326. The Hall–Kier alpha value is -2.79. The van der Waals surface area contributed by atoms with E-state index in [1.54, 1.807) is 12.1 Å². The Kier molecular flexibility index (Phi) is 2.83. The summed E-state index contributed by atoms with van der Waals surface area (Å²) in [4.78, 5) is 17.8. The van der Waals surface area contributed by atoms with Gasteiger partial charge >= 0.3 is 0 Å². The van der Waals surface area contributed by atoms with Gasteiger partial charge in [-0.1, -0.05) is 12.1 Å². The van der Waals surface area contributed by atoms with E-state index in [4.69, 9.17) is 0 Å². The maximum atomic E-state index is 13.1. The zero-order valence-electron chi connectivity index (χ0n) is 14.3. The Labute approximate surface area is 145 Å². The third-order valence-corrected chi connectivity index (χ3v) is 5.70. The van der Waals surface area contributed by atoms with Crippen LogP contribution in [-0.2, 0) is 13.5 Å². The Morgan fingerprint density at radius 1 is 1.24 bits per heavy atom. The van der Waals surface area contributed by atoms with Gasteiger partial charge in [-0.2, -0.15) is 0 Å². The van der Waals surface area contributed by atoms with Crippen LogP contribution in [0.1, 0.15) is 38.9 Å². The van der Waals surface area contributed by atoms with Crippen molar-refractivity contribution in [2.45, 2.75) is 12.5 Å². The highest BCUT2D eigenvalue weighted by Gasteiger charge is 2.44. The number of H-pyrrole nitrogens is 1. The highest BCUT2D eigenvalue weighted by Crippen LogP contribution is 2.42. The van der Waals surface area contributed by atoms with Gasteiger partial charge in [0.1, 0.15) is 17.5 Å². The van der Waals surface area contributed by atoms with Gasteiger partial charge in [-0.25, -0.2) is 0 Å². The number of aryl methyl sites for hydroxylation is 1. The molecule has 0 saturated carbocycles. The zero-order chi connectivity index (χ0) is 17.3. The number of hydrogen-bond donors (Lipinski definition) is 3. The number of phenolic OH excluding ortho intramolecular Hbond substituents is 1. The largest absolute Gasteiger partial charge is 0.508 e. The number of quaternary nitrogens is 1. The number of carbonyl (C=O) groups excluding carboxylic acids is 1. The van der Waals surface area contributed by atoms with Crippen LogP contribution in [0.3, 0.4) is 0 Å². The van der Waals surface area contributed by atoms with Crippen molar-refractivity contribution >= 4 is 5.78 Å². The average molecular weight is 334 g/mol. The smallest absolute Gasteiger partial charge is 0.226 e. The number of phenols is 1. The van der Waals surface area contributed by atoms with Crippen LogP contribution in [-0.4, -0.2) is 34.0 Å². The lowest BCUT2D eigenvalue weighted by Crippen LogP contribution is -3.10. The molecule has 0 fully saturated rings. The maximum absolute atomic E-state index is 13.1. The van der Waals surface area contributed by atoms with Gasteiger partial charge in [-0.15, -0.1) is 0 Å². The summed E-state index contributed by atoms with van der Waals surface area (Å²) < 4.78 is 1.99. The number of rotatable bonds is 1. The van der Waals surface area contributed by atoms with Crippen LogP contribution < -0.4 is 4.90 Å². The van der Waals surface area contributed by atoms with Crippen molar-refractivity contribution in [1.82, 2.24) is 9.55 Å². The quantitative estimate of drug-likeness (QED) is 0.630. The van der Waals surface area contributed by atoms with Crippen molar-refractivity contribution in [1.29, 1.82) is 0 Å². The molecule has 5 rings (SSSR count). The van der Waals surface area contributed by atoms with E-state index in [0.29, 0.717) is 5.69 Å². The summed E-state index contributed by atoms with van der Waals surface area (Å²) in [6, 6.07) is 7.36. The first kappa shape index (κ1) is 14.5. The van der Waals surface area contributed by atoms with E-state index < -0.39 is 0 Å². The second-order valence-corrected chi connectivity index (χ2v) is 7.17. The van der Waals surface area contributed by atoms with Crippen molar-refractivity contribution in [3.63, 3.8) is 0 Å². The number of benzene rings is 1. The van der Waals surface area contributed by atoms with E-state index in [1.807, 2.05) is 29.9 Å². The molecule has 2 aliphatic rings. The zero-order valence-corrected chi connectivity index (χ0v) is 14.3. The van der Waals surface area contributed by atoms with E-state index in [1.165, 1.54) is 16.0 Å². The molecule has 3 aromatic rings. The summed E-state index contributed by atoms with van der Waals surface area (Å²) in [6.45, 7) is 1.05. The number of fused-ring (bicyclic) bond motifs is 2. The predicted molar refractivity (Wildman–Crippen MR) is 94.0 cm³/mol. The molecule has 2 atom stereocenters. The van der Waals surface area contributed by atoms with E-state index in [9.17, 15) is 9.90 Å². The van der Waals surface area contributed by atoms with Crippen molar-refractivity contribution in [2.24, 2.45) is 7.05 Å². The summed E-state index contributed by atoms with van der Waals surface area (Å²) in [7, 11) is 4.17. The summed E-state index contributed by atoms with van der Waals surface area (Å²) >= 11 is 0. The standard InChI is InChI=1S/C20H19N3O2/c1-22-8-7-12-10-23(2)19-15(12)18(22)16-14(9-21-17(16)20(19)25)11-3-5-13(24)6-4-11/h3-6,9-10,18,21,24H,7-8H2,1-2H3/p+1. The molecule has 0 saturated heterocycles. The number of carbonyl (C=O) groups is 1. The molecule has 3 N–H and O–H groups in total. The Bertz CT molecular complexity index is 1010. The Balaban J connectivity index is 1.78. The fourth-order valence-corrected chi connectivity index (χ4v) is 4.55. The third kappa shape index (κ3) is 1.84. The van der Waals surface area contributed by atoms with Crippen LogP contribution in [0.2, 0.25) is 0 Å². The van der Waals surface area contributed by atoms with Crippen molar-refractivity contribution in [2.75, 3.05) is 13.6 Å². The number of likely N-dealkylation sites (N-methyl/N-ethyl adjacent to an activating group) is 1. The first-order chi connectivity index (χ1) is 12.1. The molecular formula is C20H20N3O2+. The number of aromatic amines is 1. The lowest BCUT2D eigenvalue weighted by atomic mass is 9.81. The van der Waals surface area contributed by atoms with Crippen LogP contribution in [0.5, 0.6) is 5.75 Å². The number of hydrogen-bond acceptors (Lipinski definition) is 2. The first-order valence-corrected chi connectivity index (χ1v) is 8.62. The molecule has 25 heavy (non-hydrogen) atoms. The molecule has 1 aromatic carbocycles. The monoisotopic (exact) mass is 334 g/mol. The lowest BCUT2D eigenvalue weighted by molar-refractivity contribution is -0.908. The highest BCUT2D eigenvalue weighted by molar-refractivity contribution is 6.12. The number of aromatic nitrogens is 2. The minimum absolute atomic E-state index is 0.0785. The molecule has 126 valence electrons. The molecule has 0 bridgehead atoms. The third-order valence-electron chi connectivity index (χ3n) is 5.70. The molecule has 0 amide bonds. The van der Waals surface area contributed by atoms with Gasteiger partial charge in [0, 0.05) is 37.0 Å². The molecule has 5 nitrogen and oxygen atoms in total. The van der Waals surface area contributed by atoms with Crippen LogP contribution in [0.15, 0.2) is 36.7 Å².